The predicted molar refractivity (Wildman–Crippen MR) is 259 cm³/mol. The minimum Gasteiger partial charge on any atom is -0.465 e. The highest BCUT2D eigenvalue weighted by Gasteiger charge is 2.41. The summed E-state index contributed by atoms with van der Waals surface area (Å²) < 4.78 is 55.2. The van der Waals surface area contributed by atoms with Crippen molar-refractivity contribution in [1.29, 1.82) is 0 Å². The van der Waals surface area contributed by atoms with Crippen LogP contribution in [0.1, 0.15) is 119 Å². The average molecular weight is 1010 g/mol. The fraction of sp³-hybridized carbons (Fsp3) is 0.596. The van der Waals surface area contributed by atoms with Crippen molar-refractivity contribution in [3.63, 3.8) is 0 Å². The Labute approximate surface area is 418 Å². The second-order valence-corrected chi connectivity index (χ2v) is 17.7. The van der Waals surface area contributed by atoms with Gasteiger partial charge in [-0.3, -0.25) is 14.4 Å². The maximum atomic E-state index is 13.2. The number of unbranched alkanes of at least 4 members (excludes halogenated alkanes) is 6. The topological polar surface area (TPSA) is 246 Å². The smallest absolute Gasteiger partial charge is 0.333 e. The molecule has 398 valence electrons. The van der Waals surface area contributed by atoms with Crippen molar-refractivity contribution < 1.29 is 90.5 Å². The van der Waals surface area contributed by atoms with Crippen LogP contribution in [-0.2, 0) is 90.5 Å². The first kappa shape index (κ1) is 64.6. The van der Waals surface area contributed by atoms with Crippen LogP contribution in [0, 0.1) is 10.8 Å². The number of rotatable bonds is 40. The summed E-state index contributed by atoms with van der Waals surface area (Å²) in [6.45, 7) is 26.5. The van der Waals surface area contributed by atoms with Gasteiger partial charge in [0, 0.05) is 52.7 Å². The monoisotopic (exact) mass is 1000 g/mol. The first-order valence-corrected chi connectivity index (χ1v) is 23.4. The molecule has 0 aromatic carbocycles. The van der Waals surface area contributed by atoms with E-state index in [1.54, 1.807) is 0 Å². The molecule has 71 heavy (non-hydrogen) atoms. The summed E-state index contributed by atoms with van der Waals surface area (Å²) in [6.07, 6.45) is 3.81. The Morgan fingerprint density at radius 3 is 0.718 bits per heavy atom. The fourth-order valence-electron chi connectivity index (χ4n) is 5.44. The molecule has 19 nitrogen and oxygen atoms in total. The van der Waals surface area contributed by atoms with Gasteiger partial charge in [0.1, 0.15) is 39.6 Å². The molecule has 0 rings (SSSR count). The van der Waals surface area contributed by atoms with Gasteiger partial charge in [0.05, 0.1) is 43.9 Å². The van der Waals surface area contributed by atoms with Gasteiger partial charge in [0.2, 0.25) is 0 Å². The highest BCUT2D eigenvalue weighted by molar-refractivity contribution is 5.89. The molecule has 0 aromatic rings. The molecule has 0 atom stereocenters. The van der Waals surface area contributed by atoms with Crippen LogP contribution in [0.4, 0.5) is 0 Å². The van der Waals surface area contributed by atoms with Gasteiger partial charge in [0.25, 0.3) is 0 Å². The van der Waals surface area contributed by atoms with Gasteiger partial charge in [-0.05, 0) is 99.3 Å². The van der Waals surface area contributed by atoms with Crippen molar-refractivity contribution in [3.8, 4) is 0 Å². The lowest BCUT2D eigenvalue weighted by molar-refractivity contribution is -0.173. The van der Waals surface area contributed by atoms with Crippen molar-refractivity contribution in [2.75, 3.05) is 72.7 Å². The molecule has 0 spiro atoms. The zero-order chi connectivity index (χ0) is 54.0. The molecule has 0 saturated heterocycles. The van der Waals surface area contributed by atoms with Crippen molar-refractivity contribution >= 4 is 53.7 Å². The highest BCUT2D eigenvalue weighted by Crippen LogP contribution is 2.27. The third-order valence-electron chi connectivity index (χ3n) is 9.83. The summed E-state index contributed by atoms with van der Waals surface area (Å²) in [4.78, 5) is 113. The lowest BCUT2D eigenvalue weighted by atomic mass is 9.90. The zero-order valence-corrected chi connectivity index (χ0v) is 42.8. The molecule has 0 aromatic heterocycles. The minimum absolute atomic E-state index is 0.0300. The van der Waals surface area contributed by atoms with E-state index in [0.717, 1.165) is 0 Å². The normalized spacial score (nSPS) is 10.9. The first-order chi connectivity index (χ1) is 33.4. The molecule has 0 aliphatic rings. The van der Waals surface area contributed by atoms with E-state index in [4.69, 9.17) is 47.4 Å². The number of carbonyl (C=O) groups excluding carboxylic acids is 9. The van der Waals surface area contributed by atoms with E-state index in [1.807, 2.05) is 0 Å². The van der Waals surface area contributed by atoms with E-state index >= 15 is 0 Å². The number of hydrogen-bond acceptors (Lipinski definition) is 19. The van der Waals surface area contributed by atoms with Crippen molar-refractivity contribution in [2.24, 2.45) is 10.8 Å². The number of esters is 9. The van der Waals surface area contributed by atoms with Gasteiger partial charge in [-0.25, -0.2) is 28.8 Å². The Hall–Kier alpha value is -6.37. The van der Waals surface area contributed by atoms with Gasteiger partial charge < -0.3 is 47.4 Å². The van der Waals surface area contributed by atoms with E-state index in [2.05, 4.69) is 39.5 Å². The molecular formula is C52H76O19. The van der Waals surface area contributed by atoms with Crippen LogP contribution in [0.2, 0.25) is 0 Å². The van der Waals surface area contributed by atoms with Gasteiger partial charge >= 0.3 is 53.7 Å². The van der Waals surface area contributed by atoms with Gasteiger partial charge in [-0.2, -0.15) is 0 Å². The molecule has 0 aliphatic carbocycles. The van der Waals surface area contributed by atoms with Gasteiger partial charge in [0.15, 0.2) is 0 Å². The van der Waals surface area contributed by atoms with E-state index in [-0.39, 0.29) is 72.5 Å². The van der Waals surface area contributed by atoms with Crippen LogP contribution in [0.15, 0.2) is 72.9 Å². The third-order valence-corrected chi connectivity index (χ3v) is 9.83. The van der Waals surface area contributed by atoms with Crippen LogP contribution >= 0.6 is 0 Å². The maximum Gasteiger partial charge on any atom is 0.333 e. The van der Waals surface area contributed by atoms with Crippen molar-refractivity contribution in [1.82, 2.24) is 0 Å². The lowest BCUT2D eigenvalue weighted by Crippen LogP contribution is -2.47. The molecule has 0 saturated carbocycles. The first-order valence-electron chi connectivity index (χ1n) is 23.4. The Morgan fingerprint density at radius 1 is 0.282 bits per heavy atom. The van der Waals surface area contributed by atoms with Crippen molar-refractivity contribution in [2.45, 2.75) is 119 Å². The summed E-state index contributed by atoms with van der Waals surface area (Å²) in [5.74, 6) is -6.02. The number of carbonyl (C=O) groups is 9. The Bertz CT molecular complexity index is 1820. The van der Waals surface area contributed by atoms with E-state index < -0.39 is 117 Å². The summed E-state index contributed by atoms with van der Waals surface area (Å²) in [7, 11) is 0. The van der Waals surface area contributed by atoms with Gasteiger partial charge in [-0.15, -0.1) is 0 Å². The Morgan fingerprint density at radius 2 is 0.493 bits per heavy atom. The zero-order valence-electron chi connectivity index (χ0n) is 42.8. The highest BCUT2D eigenvalue weighted by atomic mass is 16.6. The molecule has 0 aliphatic heterocycles. The van der Waals surface area contributed by atoms with E-state index in [0.29, 0.717) is 57.8 Å². The van der Waals surface area contributed by atoms with Crippen LogP contribution in [-0.4, -0.2) is 126 Å². The standard InChI is InChI=1S/C52H76O19/c1-36(2)45(56)63-25-19-13-16-22-42(53)66-30-51(33-69-48(59)39(7)8,31-67-43(54)23-17-14-20-26-64-46(57)37(3)4)28-62-29-52(34-70-49(60)40(9)10,35-71-50(61)41(11)12)32-68-44(55)24-18-15-21-27-65-47(58)38(5)6/h1,3,5,7,9,11,13-35H2,2,4,6,8,10,12H3. The fourth-order valence-corrected chi connectivity index (χ4v) is 5.44. The molecule has 0 amide bonds. The predicted octanol–water partition coefficient (Wildman–Crippen LogP) is 7.00. The summed E-state index contributed by atoms with van der Waals surface area (Å²) in [5, 5.41) is 0. The molecule has 0 fully saturated rings. The second kappa shape index (κ2) is 35.7. The molecule has 0 bridgehead atoms. The molecule has 0 heterocycles. The van der Waals surface area contributed by atoms with Crippen LogP contribution < -0.4 is 0 Å². The van der Waals surface area contributed by atoms with E-state index in [1.165, 1.54) is 41.5 Å². The molecular weight excluding hydrogens is 929 g/mol. The summed E-state index contributed by atoms with van der Waals surface area (Å²) in [6, 6.07) is 0. The molecule has 0 radical (unpaired) electrons. The Kier molecular flexibility index (Phi) is 32.5. The summed E-state index contributed by atoms with van der Waals surface area (Å²) in [5.41, 5.74) is -2.34. The third kappa shape index (κ3) is 30.8. The average Bonchev–Trinajstić information content (AvgIpc) is 3.31. The van der Waals surface area contributed by atoms with Crippen LogP contribution in [0.5, 0.6) is 0 Å². The maximum absolute atomic E-state index is 13.2. The van der Waals surface area contributed by atoms with Crippen LogP contribution in [0.25, 0.3) is 0 Å². The van der Waals surface area contributed by atoms with E-state index in [9.17, 15) is 43.2 Å². The number of ether oxygens (including phenoxy) is 10. The SMILES string of the molecule is C=C(C)C(=O)OCCCCCC(=O)OCC(COCC(COC(=O)CCCCCOC(=O)C(=C)C)(COC(=O)C(=C)C)COC(=O)C(=C)C)(COC(=O)CCCCCOC(=O)C(=C)C)COC(=O)C(=C)C. The second-order valence-electron chi connectivity index (χ2n) is 17.7. The van der Waals surface area contributed by atoms with Gasteiger partial charge in [-0.1, -0.05) is 39.5 Å². The van der Waals surface area contributed by atoms with Crippen LogP contribution in [0.3, 0.4) is 0 Å². The lowest BCUT2D eigenvalue weighted by Gasteiger charge is -2.35. The molecule has 0 N–H and O–H groups in total. The molecule has 19 heteroatoms. The minimum atomic E-state index is -1.60. The number of hydrogen-bond donors (Lipinski definition) is 0. The quantitative estimate of drug-likeness (QED) is 0.0259. The van der Waals surface area contributed by atoms with Crippen molar-refractivity contribution in [3.05, 3.63) is 72.9 Å². The molecule has 0 unspecified atom stereocenters. The largest absolute Gasteiger partial charge is 0.465 e. The summed E-state index contributed by atoms with van der Waals surface area (Å²) >= 11 is 0. The Balaban J connectivity index is 6.67.